The van der Waals surface area contributed by atoms with Gasteiger partial charge in [-0.15, -0.1) is 0 Å². The molecule has 0 radical (unpaired) electrons. The van der Waals surface area contributed by atoms with Crippen molar-refractivity contribution in [3.05, 3.63) is 52.0 Å². The second kappa shape index (κ2) is 3.63. The predicted molar refractivity (Wildman–Crippen MR) is 68.9 cm³/mol. The number of hydrogen-bond donors (Lipinski definition) is 0. The molecule has 3 rings (SSSR count). The SMILES string of the molecule is COc1cccc2c1-c1c(Br)cccc1C2. The van der Waals surface area contributed by atoms with E-state index >= 15 is 0 Å². The van der Waals surface area contributed by atoms with Gasteiger partial charge in [0.05, 0.1) is 7.11 Å². The Morgan fingerprint density at radius 2 is 1.69 bits per heavy atom. The smallest absolute Gasteiger partial charge is 0.127 e. The lowest BCUT2D eigenvalue weighted by Crippen LogP contribution is -1.88. The third-order valence-electron chi connectivity index (χ3n) is 3.06. The average Bonchev–Trinajstić information content (AvgIpc) is 2.68. The molecule has 0 saturated heterocycles. The zero-order valence-corrected chi connectivity index (χ0v) is 10.5. The number of rotatable bonds is 1. The minimum atomic E-state index is 0.961. The third-order valence-corrected chi connectivity index (χ3v) is 3.72. The fourth-order valence-corrected chi connectivity index (χ4v) is 2.98. The van der Waals surface area contributed by atoms with E-state index in [0.29, 0.717) is 0 Å². The summed E-state index contributed by atoms with van der Waals surface area (Å²) in [4.78, 5) is 0. The Morgan fingerprint density at radius 1 is 1.00 bits per heavy atom. The van der Waals surface area contributed by atoms with Crippen LogP contribution in [0.15, 0.2) is 40.9 Å². The summed E-state index contributed by atoms with van der Waals surface area (Å²) in [5.74, 6) is 0.961. The van der Waals surface area contributed by atoms with Crippen LogP contribution in [0.4, 0.5) is 0 Å². The molecule has 80 valence electrons. The number of fused-ring (bicyclic) bond motifs is 3. The van der Waals surface area contributed by atoms with E-state index in [4.69, 9.17) is 4.74 Å². The molecule has 2 aromatic carbocycles. The highest BCUT2D eigenvalue weighted by molar-refractivity contribution is 9.10. The molecule has 0 aromatic heterocycles. The Bertz CT molecular complexity index is 561. The van der Waals surface area contributed by atoms with Gasteiger partial charge in [0.1, 0.15) is 5.75 Å². The summed E-state index contributed by atoms with van der Waals surface area (Å²) in [7, 11) is 1.73. The number of ether oxygens (including phenoxy) is 1. The van der Waals surface area contributed by atoms with E-state index in [1.165, 1.54) is 22.3 Å². The van der Waals surface area contributed by atoms with Crippen LogP contribution in [0.25, 0.3) is 11.1 Å². The lowest BCUT2D eigenvalue weighted by molar-refractivity contribution is 0.416. The first-order valence-corrected chi connectivity index (χ1v) is 6.04. The minimum Gasteiger partial charge on any atom is -0.496 e. The Labute approximate surface area is 103 Å². The number of halogens is 1. The Kier molecular flexibility index (Phi) is 2.25. The van der Waals surface area contributed by atoms with E-state index in [0.717, 1.165) is 16.6 Å². The molecule has 1 nitrogen and oxygen atoms in total. The summed E-state index contributed by atoms with van der Waals surface area (Å²) in [5, 5.41) is 0. The molecule has 0 heterocycles. The molecule has 1 aliphatic rings. The van der Waals surface area contributed by atoms with Gasteiger partial charge in [0.2, 0.25) is 0 Å². The Hall–Kier alpha value is -1.28. The van der Waals surface area contributed by atoms with Gasteiger partial charge in [-0.3, -0.25) is 0 Å². The summed E-state index contributed by atoms with van der Waals surface area (Å²) in [6.45, 7) is 0. The molecule has 2 heteroatoms. The molecule has 0 unspecified atom stereocenters. The fourth-order valence-electron chi connectivity index (χ4n) is 2.38. The van der Waals surface area contributed by atoms with Crippen molar-refractivity contribution < 1.29 is 4.74 Å². The number of benzene rings is 2. The lowest BCUT2D eigenvalue weighted by atomic mass is 10.1. The molecule has 1 aliphatic carbocycles. The molecule has 0 N–H and O–H groups in total. The second-order valence-electron chi connectivity index (χ2n) is 3.95. The van der Waals surface area contributed by atoms with Crippen LogP contribution >= 0.6 is 15.9 Å². The zero-order valence-electron chi connectivity index (χ0n) is 8.96. The van der Waals surface area contributed by atoms with Crippen molar-refractivity contribution in [2.24, 2.45) is 0 Å². The van der Waals surface area contributed by atoms with Crippen LogP contribution in [0.5, 0.6) is 5.75 Å². The van der Waals surface area contributed by atoms with Crippen LogP contribution in [0, 0.1) is 0 Å². The first-order chi connectivity index (χ1) is 7.81. The molecular weight excluding hydrogens is 264 g/mol. The molecule has 0 fully saturated rings. The molecule has 0 spiro atoms. The van der Waals surface area contributed by atoms with Crippen molar-refractivity contribution in [2.45, 2.75) is 6.42 Å². The quantitative estimate of drug-likeness (QED) is 0.651. The van der Waals surface area contributed by atoms with Gasteiger partial charge in [-0.1, -0.05) is 40.2 Å². The number of hydrogen-bond acceptors (Lipinski definition) is 1. The largest absolute Gasteiger partial charge is 0.496 e. The highest BCUT2D eigenvalue weighted by atomic mass is 79.9. The highest BCUT2D eigenvalue weighted by Crippen LogP contribution is 2.45. The first kappa shape index (κ1) is 9.91. The van der Waals surface area contributed by atoms with Crippen LogP contribution in [0.3, 0.4) is 0 Å². The van der Waals surface area contributed by atoms with Gasteiger partial charge in [-0.25, -0.2) is 0 Å². The van der Waals surface area contributed by atoms with E-state index in [1.54, 1.807) is 7.11 Å². The maximum atomic E-state index is 5.45. The van der Waals surface area contributed by atoms with Gasteiger partial charge in [0.15, 0.2) is 0 Å². The van der Waals surface area contributed by atoms with Gasteiger partial charge >= 0.3 is 0 Å². The Morgan fingerprint density at radius 3 is 2.44 bits per heavy atom. The van der Waals surface area contributed by atoms with Crippen LogP contribution < -0.4 is 4.74 Å². The molecule has 16 heavy (non-hydrogen) atoms. The van der Waals surface area contributed by atoms with E-state index in [2.05, 4.69) is 46.3 Å². The molecule has 0 saturated carbocycles. The van der Waals surface area contributed by atoms with E-state index in [-0.39, 0.29) is 0 Å². The van der Waals surface area contributed by atoms with Crippen molar-refractivity contribution in [1.29, 1.82) is 0 Å². The molecule has 0 bridgehead atoms. The molecule has 0 amide bonds. The fraction of sp³-hybridized carbons (Fsp3) is 0.143. The van der Waals surface area contributed by atoms with E-state index in [9.17, 15) is 0 Å². The summed E-state index contributed by atoms with van der Waals surface area (Å²) in [6, 6.07) is 12.6. The third kappa shape index (κ3) is 1.30. The van der Waals surface area contributed by atoms with Gasteiger partial charge in [0, 0.05) is 15.6 Å². The molecule has 2 aromatic rings. The summed E-state index contributed by atoms with van der Waals surface area (Å²) >= 11 is 3.62. The second-order valence-corrected chi connectivity index (χ2v) is 4.80. The maximum Gasteiger partial charge on any atom is 0.127 e. The van der Waals surface area contributed by atoms with Gasteiger partial charge in [-0.2, -0.15) is 0 Å². The predicted octanol–water partition coefficient (Wildman–Crippen LogP) is 4.03. The van der Waals surface area contributed by atoms with E-state index in [1.807, 2.05) is 6.07 Å². The first-order valence-electron chi connectivity index (χ1n) is 5.25. The van der Waals surface area contributed by atoms with Crippen molar-refractivity contribution in [1.82, 2.24) is 0 Å². The van der Waals surface area contributed by atoms with Crippen molar-refractivity contribution in [3.63, 3.8) is 0 Å². The van der Waals surface area contributed by atoms with Gasteiger partial charge < -0.3 is 4.74 Å². The monoisotopic (exact) mass is 274 g/mol. The van der Waals surface area contributed by atoms with Crippen LogP contribution in [-0.4, -0.2) is 7.11 Å². The van der Waals surface area contributed by atoms with Crippen LogP contribution in [0.2, 0.25) is 0 Å². The maximum absolute atomic E-state index is 5.45. The van der Waals surface area contributed by atoms with Gasteiger partial charge in [0.25, 0.3) is 0 Å². The highest BCUT2D eigenvalue weighted by Gasteiger charge is 2.23. The lowest BCUT2D eigenvalue weighted by Gasteiger charge is -2.09. The molecule has 0 atom stereocenters. The summed E-state index contributed by atoms with van der Waals surface area (Å²) < 4.78 is 6.59. The van der Waals surface area contributed by atoms with Crippen LogP contribution in [0.1, 0.15) is 11.1 Å². The normalized spacial score (nSPS) is 12.1. The molecule has 0 aliphatic heterocycles. The summed E-state index contributed by atoms with van der Waals surface area (Å²) in [6.07, 6.45) is 1.00. The van der Waals surface area contributed by atoms with Crippen LogP contribution in [-0.2, 0) is 6.42 Å². The average molecular weight is 275 g/mol. The zero-order chi connectivity index (χ0) is 11.1. The standard InChI is InChI=1S/C14H11BrO/c1-16-12-7-3-5-10-8-9-4-2-6-11(15)13(9)14(10)12/h2-7H,8H2,1H3. The van der Waals surface area contributed by atoms with Crippen molar-refractivity contribution in [3.8, 4) is 16.9 Å². The van der Waals surface area contributed by atoms with Crippen molar-refractivity contribution >= 4 is 15.9 Å². The van der Waals surface area contributed by atoms with Crippen molar-refractivity contribution in [2.75, 3.05) is 7.11 Å². The topological polar surface area (TPSA) is 9.23 Å². The Balaban J connectivity index is 2.34. The number of methoxy groups -OCH3 is 1. The van der Waals surface area contributed by atoms with Gasteiger partial charge in [-0.05, 0) is 29.7 Å². The minimum absolute atomic E-state index is 0.961. The van der Waals surface area contributed by atoms with E-state index < -0.39 is 0 Å². The molecular formula is C14H11BrO. The summed E-state index contributed by atoms with van der Waals surface area (Å²) in [5.41, 5.74) is 5.25.